The van der Waals surface area contributed by atoms with Crippen molar-refractivity contribution in [1.29, 1.82) is 0 Å². The van der Waals surface area contributed by atoms with Crippen molar-refractivity contribution in [3.05, 3.63) is 55.2 Å². The number of anilines is 3. The average Bonchev–Trinajstić information content (AvgIpc) is 3.20. The fourth-order valence-electron chi connectivity index (χ4n) is 2.31. The lowest BCUT2D eigenvalue weighted by molar-refractivity contribution is 1.09. The Labute approximate surface area is 125 Å². The minimum absolute atomic E-state index is 0.682. The maximum atomic E-state index is 5.70. The van der Waals surface area contributed by atoms with E-state index >= 15 is 0 Å². The summed E-state index contributed by atoms with van der Waals surface area (Å²) in [7, 11) is 0. The van der Waals surface area contributed by atoms with Crippen molar-refractivity contribution in [2.45, 2.75) is 0 Å². The smallest absolute Gasteiger partial charge is 0.180 e. The number of nitrogens with zero attached hydrogens (tertiary/aromatic N) is 4. The molecule has 0 aliphatic rings. The van der Waals surface area contributed by atoms with E-state index in [1.54, 1.807) is 18.6 Å². The topological polar surface area (TPSA) is 96.9 Å². The second-order valence-electron chi connectivity index (χ2n) is 4.85. The summed E-state index contributed by atoms with van der Waals surface area (Å²) in [4.78, 5) is 8.87. The molecule has 0 unspecified atom stereocenters. The molecule has 0 radical (unpaired) electrons. The van der Waals surface area contributed by atoms with E-state index in [1.807, 2.05) is 41.1 Å². The number of benzene rings is 1. The first kappa shape index (κ1) is 12.4. The molecule has 4 rings (SSSR count). The Bertz CT molecular complexity index is 907. The van der Waals surface area contributed by atoms with Crippen molar-refractivity contribution < 1.29 is 0 Å². The lowest BCUT2D eigenvalue weighted by Crippen LogP contribution is -2.00. The first-order valence-electron chi connectivity index (χ1n) is 6.75. The van der Waals surface area contributed by atoms with E-state index in [2.05, 4.69) is 25.5 Å². The van der Waals surface area contributed by atoms with Gasteiger partial charge in [-0.25, -0.2) is 9.97 Å². The highest BCUT2D eigenvalue weighted by Gasteiger charge is 2.10. The van der Waals surface area contributed by atoms with Crippen LogP contribution in [0.2, 0.25) is 0 Å². The average molecular weight is 291 g/mol. The maximum absolute atomic E-state index is 5.70. The number of rotatable bonds is 3. The number of hydrogen-bond acceptors (Lipinski definition) is 5. The quantitative estimate of drug-likeness (QED) is 0.504. The van der Waals surface area contributed by atoms with Gasteiger partial charge in [0.2, 0.25) is 0 Å². The fourth-order valence-corrected chi connectivity index (χ4v) is 2.31. The van der Waals surface area contributed by atoms with Crippen molar-refractivity contribution in [3.8, 4) is 11.3 Å². The van der Waals surface area contributed by atoms with Crippen molar-refractivity contribution in [2.24, 2.45) is 0 Å². The predicted molar refractivity (Wildman–Crippen MR) is 84.7 cm³/mol. The van der Waals surface area contributed by atoms with Gasteiger partial charge in [0, 0.05) is 35.5 Å². The van der Waals surface area contributed by atoms with Crippen LogP contribution in [0, 0.1) is 0 Å². The normalized spacial score (nSPS) is 10.9. The second kappa shape index (κ2) is 4.88. The summed E-state index contributed by atoms with van der Waals surface area (Å²) in [5, 5.41) is 10.0. The Morgan fingerprint density at radius 1 is 1.09 bits per heavy atom. The van der Waals surface area contributed by atoms with Gasteiger partial charge in [-0.2, -0.15) is 5.10 Å². The van der Waals surface area contributed by atoms with Gasteiger partial charge in [0.1, 0.15) is 0 Å². The number of fused-ring (bicyclic) bond motifs is 1. The molecule has 1 aromatic carbocycles. The lowest BCUT2D eigenvalue weighted by Gasteiger charge is -2.09. The molecule has 7 nitrogen and oxygen atoms in total. The van der Waals surface area contributed by atoms with Gasteiger partial charge < -0.3 is 11.1 Å². The third-order valence-electron chi connectivity index (χ3n) is 3.40. The van der Waals surface area contributed by atoms with E-state index in [0.29, 0.717) is 5.82 Å². The number of nitrogen functional groups attached to an aromatic ring is 1. The van der Waals surface area contributed by atoms with Crippen molar-refractivity contribution in [2.75, 3.05) is 11.1 Å². The lowest BCUT2D eigenvalue weighted by atomic mass is 10.2. The van der Waals surface area contributed by atoms with Crippen LogP contribution in [0.3, 0.4) is 0 Å². The van der Waals surface area contributed by atoms with E-state index in [0.717, 1.165) is 28.3 Å². The monoisotopic (exact) mass is 291 g/mol. The summed E-state index contributed by atoms with van der Waals surface area (Å²) in [5.74, 6) is 0.682. The predicted octanol–water partition coefficient (Wildman–Crippen LogP) is 2.45. The van der Waals surface area contributed by atoms with E-state index in [-0.39, 0.29) is 0 Å². The Morgan fingerprint density at radius 2 is 1.95 bits per heavy atom. The molecule has 0 amide bonds. The fraction of sp³-hybridized carbons (Fsp3) is 0. The zero-order chi connectivity index (χ0) is 14.9. The minimum atomic E-state index is 0.682. The molecule has 7 heteroatoms. The summed E-state index contributed by atoms with van der Waals surface area (Å²) in [6.07, 6.45) is 9.01. The summed E-state index contributed by atoms with van der Waals surface area (Å²) < 4.78 is 1.97. The molecular weight excluding hydrogens is 278 g/mol. The molecule has 0 fully saturated rings. The van der Waals surface area contributed by atoms with Crippen molar-refractivity contribution in [1.82, 2.24) is 24.6 Å². The van der Waals surface area contributed by atoms with E-state index in [1.165, 1.54) is 0 Å². The Balaban J connectivity index is 1.78. The molecule has 0 saturated heterocycles. The zero-order valence-electron chi connectivity index (χ0n) is 11.6. The van der Waals surface area contributed by atoms with Crippen LogP contribution in [0.5, 0.6) is 0 Å². The molecule has 3 aromatic heterocycles. The van der Waals surface area contributed by atoms with Gasteiger partial charge in [0.25, 0.3) is 0 Å². The van der Waals surface area contributed by atoms with Crippen LogP contribution in [0.15, 0.2) is 55.2 Å². The largest absolute Gasteiger partial charge is 0.399 e. The third kappa shape index (κ3) is 2.05. The first-order chi connectivity index (χ1) is 10.8. The highest BCUT2D eigenvalue weighted by Crippen LogP contribution is 2.24. The standard InChI is InChI=1S/C15H13N7/c16-11-1-3-12(4-2-11)21-14-15-17-5-6-22(15)13(9-18-14)10-7-19-20-8-10/h1-9H,16H2,(H,18,21)(H,19,20). The molecule has 0 aliphatic carbocycles. The van der Waals surface area contributed by atoms with Crippen LogP contribution >= 0.6 is 0 Å². The highest BCUT2D eigenvalue weighted by molar-refractivity contribution is 5.74. The Morgan fingerprint density at radius 3 is 2.73 bits per heavy atom. The molecular formula is C15H13N7. The number of hydrogen-bond donors (Lipinski definition) is 3. The highest BCUT2D eigenvalue weighted by atomic mass is 15.1. The second-order valence-corrected chi connectivity index (χ2v) is 4.85. The van der Waals surface area contributed by atoms with Crippen molar-refractivity contribution in [3.63, 3.8) is 0 Å². The molecule has 4 aromatic rings. The molecule has 4 N–H and O–H groups in total. The molecule has 3 heterocycles. The summed E-state index contributed by atoms with van der Waals surface area (Å²) >= 11 is 0. The van der Waals surface area contributed by atoms with Crippen LogP contribution in [-0.4, -0.2) is 24.6 Å². The van der Waals surface area contributed by atoms with Gasteiger partial charge in [-0.15, -0.1) is 0 Å². The van der Waals surface area contributed by atoms with Gasteiger partial charge >= 0.3 is 0 Å². The number of nitrogens with two attached hydrogens (primary N) is 1. The van der Waals surface area contributed by atoms with E-state index in [9.17, 15) is 0 Å². The van der Waals surface area contributed by atoms with Gasteiger partial charge in [-0.3, -0.25) is 9.50 Å². The van der Waals surface area contributed by atoms with Gasteiger partial charge in [0.05, 0.1) is 18.1 Å². The molecule has 0 spiro atoms. The van der Waals surface area contributed by atoms with E-state index in [4.69, 9.17) is 5.73 Å². The van der Waals surface area contributed by atoms with Crippen LogP contribution in [0.25, 0.3) is 16.9 Å². The van der Waals surface area contributed by atoms with Crippen LogP contribution in [0.1, 0.15) is 0 Å². The number of imidazole rings is 1. The van der Waals surface area contributed by atoms with Gasteiger partial charge in [-0.1, -0.05) is 0 Å². The first-order valence-corrected chi connectivity index (χ1v) is 6.75. The SMILES string of the molecule is Nc1ccc(Nc2ncc(-c3cn[nH]c3)n3ccnc23)cc1. The van der Waals surface area contributed by atoms with Crippen LogP contribution in [0.4, 0.5) is 17.2 Å². The third-order valence-corrected chi connectivity index (χ3v) is 3.40. The molecule has 0 saturated carbocycles. The molecule has 0 atom stereocenters. The van der Waals surface area contributed by atoms with Crippen molar-refractivity contribution >= 4 is 22.8 Å². The number of nitrogens with one attached hydrogen (secondary N) is 2. The molecule has 0 aliphatic heterocycles. The molecule has 108 valence electrons. The molecule has 0 bridgehead atoms. The van der Waals surface area contributed by atoms with Crippen LogP contribution in [-0.2, 0) is 0 Å². The minimum Gasteiger partial charge on any atom is -0.399 e. The summed E-state index contributed by atoms with van der Waals surface area (Å²) in [6, 6.07) is 7.48. The molecule has 22 heavy (non-hydrogen) atoms. The van der Waals surface area contributed by atoms with Gasteiger partial charge in [-0.05, 0) is 24.3 Å². The number of H-pyrrole nitrogens is 1. The van der Waals surface area contributed by atoms with E-state index < -0.39 is 0 Å². The Kier molecular flexibility index (Phi) is 2.75. The summed E-state index contributed by atoms with van der Waals surface area (Å²) in [5.41, 5.74) is 9.95. The Hall–Kier alpha value is -3.35. The summed E-state index contributed by atoms with van der Waals surface area (Å²) in [6.45, 7) is 0. The van der Waals surface area contributed by atoms with Gasteiger partial charge in [0.15, 0.2) is 11.5 Å². The number of aromatic nitrogens is 5. The van der Waals surface area contributed by atoms with Crippen LogP contribution < -0.4 is 11.1 Å². The number of aromatic amines is 1. The zero-order valence-corrected chi connectivity index (χ0v) is 11.6. The maximum Gasteiger partial charge on any atom is 0.180 e.